The van der Waals surface area contributed by atoms with Gasteiger partial charge in [-0.25, -0.2) is 17.2 Å². The highest BCUT2D eigenvalue weighted by molar-refractivity contribution is 7.89. The summed E-state index contributed by atoms with van der Waals surface area (Å²) in [7, 11) is -3.63. The molecule has 10 heteroatoms. The Labute approximate surface area is 177 Å². The van der Waals surface area contributed by atoms with Crippen LogP contribution in [0.1, 0.15) is 31.1 Å². The minimum absolute atomic E-state index is 0.0887. The van der Waals surface area contributed by atoms with Crippen LogP contribution in [0.15, 0.2) is 46.3 Å². The van der Waals surface area contributed by atoms with Gasteiger partial charge in [-0.3, -0.25) is 4.79 Å². The van der Waals surface area contributed by atoms with E-state index in [1.54, 1.807) is 20.8 Å². The minimum Gasteiger partial charge on any atom is -0.314 e. The number of fused-ring (bicyclic) bond motifs is 1. The number of benzene rings is 2. The van der Waals surface area contributed by atoms with Crippen LogP contribution in [0.5, 0.6) is 0 Å². The molecular weight excluding hydrogens is 432 g/mol. The molecule has 1 heterocycles. The lowest BCUT2D eigenvalue weighted by Gasteiger charge is -2.18. The van der Waals surface area contributed by atoms with Crippen molar-refractivity contribution >= 4 is 37.5 Å². The highest BCUT2D eigenvalue weighted by atomic mass is 32.2. The van der Waals surface area contributed by atoms with Gasteiger partial charge in [0.15, 0.2) is 10.6 Å². The predicted molar refractivity (Wildman–Crippen MR) is 112 cm³/mol. The Balaban J connectivity index is 2.00. The topological polar surface area (TPSA) is 71.7 Å². The fraction of sp³-hybridized carbons (Fsp3) is 0.300. The van der Waals surface area contributed by atoms with Gasteiger partial charge in [0.25, 0.3) is 5.91 Å². The monoisotopic (exact) mass is 453 g/mol. The van der Waals surface area contributed by atoms with E-state index in [9.17, 15) is 22.0 Å². The Morgan fingerprint density at radius 1 is 1.10 bits per heavy atom. The summed E-state index contributed by atoms with van der Waals surface area (Å²) in [5.74, 6) is -2.02. The van der Waals surface area contributed by atoms with E-state index in [0.717, 1.165) is 17.4 Å². The van der Waals surface area contributed by atoms with Crippen LogP contribution in [0.25, 0.3) is 10.2 Å². The number of carbonyl (C=O) groups is 1. The van der Waals surface area contributed by atoms with Gasteiger partial charge in [0.1, 0.15) is 5.82 Å². The van der Waals surface area contributed by atoms with E-state index in [-0.39, 0.29) is 20.8 Å². The number of hydrogen-bond acceptors (Lipinski definition) is 4. The molecule has 160 valence electrons. The second kappa shape index (κ2) is 8.75. The molecule has 3 rings (SSSR count). The van der Waals surface area contributed by atoms with Crippen molar-refractivity contribution in [3.05, 3.63) is 58.4 Å². The average molecular weight is 454 g/mol. The van der Waals surface area contributed by atoms with E-state index in [0.29, 0.717) is 24.3 Å². The van der Waals surface area contributed by atoms with Gasteiger partial charge in [-0.15, -0.1) is 0 Å². The third-order valence-corrected chi connectivity index (χ3v) is 7.74. The summed E-state index contributed by atoms with van der Waals surface area (Å²) in [6.07, 6.45) is 0. The van der Waals surface area contributed by atoms with E-state index in [1.165, 1.54) is 39.2 Å². The van der Waals surface area contributed by atoms with Crippen molar-refractivity contribution in [1.82, 2.24) is 8.87 Å². The van der Waals surface area contributed by atoms with Crippen LogP contribution < -0.4 is 4.80 Å². The Hall–Kier alpha value is -2.43. The summed E-state index contributed by atoms with van der Waals surface area (Å²) in [6, 6.07) is 7.51. The summed E-state index contributed by atoms with van der Waals surface area (Å²) in [4.78, 5) is 17.0. The zero-order chi connectivity index (χ0) is 22.1. The highest BCUT2D eigenvalue weighted by Crippen LogP contribution is 2.22. The summed E-state index contributed by atoms with van der Waals surface area (Å²) in [5.41, 5.74) is 0.386. The van der Waals surface area contributed by atoms with Crippen LogP contribution >= 0.6 is 11.3 Å². The van der Waals surface area contributed by atoms with Gasteiger partial charge in [0.2, 0.25) is 10.0 Å². The second-order valence-corrected chi connectivity index (χ2v) is 9.34. The first-order chi connectivity index (χ1) is 14.2. The molecule has 0 spiro atoms. The molecule has 0 aliphatic rings. The van der Waals surface area contributed by atoms with Crippen LogP contribution in [0.4, 0.5) is 8.78 Å². The molecule has 0 aliphatic carbocycles. The van der Waals surface area contributed by atoms with E-state index >= 15 is 0 Å². The first-order valence-corrected chi connectivity index (χ1v) is 11.7. The normalized spacial score (nSPS) is 12.8. The molecule has 0 radical (unpaired) electrons. The molecule has 1 amide bonds. The molecule has 1 aromatic heterocycles. The smallest absolute Gasteiger partial charge is 0.279 e. The van der Waals surface area contributed by atoms with Crippen molar-refractivity contribution < 1.29 is 22.0 Å². The van der Waals surface area contributed by atoms with Crippen molar-refractivity contribution in [3.8, 4) is 0 Å². The number of halogens is 2. The molecule has 30 heavy (non-hydrogen) atoms. The molecule has 6 nitrogen and oxygen atoms in total. The van der Waals surface area contributed by atoms with Crippen LogP contribution in [-0.4, -0.2) is 36.3 Å². The second-order valence-electron chi connectivity index (χ2n) is 6.39. The number of sulfonamides is 1. The lowest BCUT2D eigenvalue weighted by atomic mass is 10.2. The zero-order valence-electron chi connectivity index (χ0n) is 16.7. The Bertz CT molecular complexity index is 1260. The molecule has 0 N–H and O–H groups in total. The number of nitrogens with zero attached hydrogens (tertiary/aromatic N) is 3. The SMILES string of the molecule is CCN(CC)S(=O)(=O)c1ccc(C(=O)N=c2sc3cc(F)cc(F)c3n2CC)cc1. The minimum atomic E-state index is -3.63. The lowest BCUT2D eigenvalue weighted by Crippen LogP contribution is -2.30. The van der Waals surface area contributed by atoms with E-state index in [4.69, 9.17) is 0 Å². The molecule has 0 bridgehead atoms. The molecule has 0 saturated carbocycles. The summed E-state index contributed by atoms with van der Waals surface area (Å²) >= 11 is 1.01. The summed E-state index contributed by atoms with van der Waals surface area (Å²) in [6.45, 7) is 6.30. The van der Waals surface area contributed by atoms with Crippen molar-refractivity contribution in [2.45, 2.75) is 32.2 Å². The first kappa shape index (κ1) is 22.3. The first-order valence-electron chi connectivity index (χ1n) is 9.40. The van der Waals surface area contributed by atoms with Gasteiger partial charge >= 0.3 is 0 Å². The summed E-state index contributed by atoms with van der Waals surface area (Å²) < 4.78 is 56.0. The van der Waals surface area contributed by atoms with Gasteiger partial charge in [-0.1, -0.05) is 25.2 Å². The van der Waals surface area contributed by atoms with Crippen molar-refractivity contribution in [3.63, 3.8) is 0 Å². The molecule has 0 fully saturated rings. The van der Waals surface area contributed by atoms with Crippen molar-refractivity contribution in [1.29, 1.82) is 0 Å². The molecular formula is C20H21F2N3O3S2. The zero-order valence-corrected chi connectivity index (χ0v) is 18.4. The molecule has 0 saturated heterocycles. The van der Waals surface area contributed by atoms with Crippen molar-refractivity contribution in [2.24, 2.45) is 4.99 Å². The number of carbonyl (C=O) groups excluding carboxylic acids is 1. The Morgan fingerprint density at radius 2 is 1.73 bits per heavy atom. The van der Waals surface area contributed by atoms with E-state index in [2.05, 4.69) is 4.99 Å². The van der Waals surface area contributed by atoms with Crippen LogP contribution in [0.2, 0.25) is 0 Å². The molecule has 2 aromatic carbocycles. The average Bonchev–Trinajstić information content (AvgIpc) is 3.05. The Kier molecular flexibility index (Phi) is 6.49. The van der Waals surface area contributed by atoms with Gasteiger partial charge in [-0.05, 0) is 37.3 Å². The predicted octanol–water partition coefficient (Wildman–Crippen LogP) is 3.77. The third-order valence-electron chi connectivity index (χ3n) is 4.65. The Morgan fingerprint density at radius 3 is 2.30 bits per heavy atom. The number of thiazole rings is 1. The fourth-order valence-electron chi connectivity index (χ4n) is 3.14. The maximum absolute atomic E-state index is 14.2. The molecule has 0 aliphatic heterocycles. The summed E-state index contributed by atoms with van der Waals surface area (Å²) in [5, 5.41) is 0. The number of hydrogen-bond donors (Lipinski definition) is 0. The van der Waals surface area contributed by atoms with Crippen molar-refractivity contribution in [2.75, 3.05) is 13.1 Å². The lowest BCUT2D eigenvalue weighted by molar-refractivity contribution is 0.0997. The van der Waals surface area contributed by atoms with E-state index < -0.39 is 27.6 Å². The number of rotatable bonds is 6. The van der Waals surface area contributed by atoms with Crippen LogP contribution in [0, 0.1) is 11.6 Å². The van der Waals surface area contributed by atoms with Crippen LogP contribution in [-0.2, 0) is 16.6 Å². The largest absolute Gasteiger partial charge is 0.314 e. The maximum atomic E-state index is 14.2. The maximum Gasteiger partial charge on any atom is 0.279 e. The number of aryl methyl sites for hydroxylation is 1. The quantitative estimate of drug-likeness (QED) is 0.570. The molecule has 0 atom stereocenters. The number of aromatic nitrogens is 1. The molecule has 3 aromatic rings. The van der Waals surface area contributed by atoms with Gasteiger partial charge < -0.3 is 4.57 Å². The van der Waals surface area contributed by atoms with E-state index in [1.807, 2.05) is 0 Å². The van der Waals surface area contributed by atoms with Gasteiger partial charge in [-0.2, -0.15) is 9.30 Å². The highest BCUT2D eigenvalue weighted by Gasteiger charge is 2.21. The third kappa shape index (κ3) is 4.07. The number of amides is 1. The standard InChI is InChI=1S/C20H21F2N3O3S2/c1-4-24(5-2)30(27,28)15-9-7-13(8-10-15)19(26)23-20-25(6-3)18-16(22)11-14(21)12-17(18)29-20/h7-12H,4-6H2,1-3H3. The van der Waals surface area contributed by atoms with Gasteiger partial charge in [0.05, 0.1) is 15.1 Å². The van der Waals surface area contributed by atoms with Crippen LogP contribution in [0.3, 0.4) is 0 Å². The van der Waals surface area contributed by atoms with Gasteiger partial charge in [0, 0.05) is 31.3 Å². The fourth-order valence-corrected chi connectivity index (χ4v) is 5.73. The molecule has 0 unspecified atom stereocenters.